The highest BCUT2D eigenvalue weighted by Gasteiger charge is 2.41. The molecule has 1 aliphatic carbocycles. The lowest BCUT2D eigenvalue weighted by Crippen LogP contribution is -2.43. The Bertz CT molecular complexity index is 276. The van der Waals surface area contributed by atoms with E-state index >= 15 is 0 Å². The van der Waals surface area contributed by atoms with Crippen molar-refractivity contribution < 1.29 is 9.84 Å². The van der Waals surface area contributed by atoms with Gasteiger partial charge in [0.1, 0.15) is 0 Å². The lowest BCUT2D eigenvalue weighted by molar-refractivity contribution is -0.0762. The van der Waals surface area contributed by atoms with Crippen molar-refractivity contribution in [2.75, 3.05) is 19.6 Å². The Balaban J connectivity index is 1.49. The molecule has 1 saturated carbocycles. The van der Waals surface area contributed by atoms with Gasteiger partial charge in [-0.2, -0.15) is 0 Å². The first-order chi connectivity index (χ1) is 8.76. The Hall–Kier alpha value is -0.120. The number of rotatable bonds is 2. The first kappa shape index (κ1) is 12.9. The van der Waals surface area contributed by atoms with Crippen LogP contribution in [0.25, 0.3) is 0 Å². The van der Waals surface area contributed by atoms with E-state index < -0.39 is 0 Å². The van der Waals surface area contributed by atoms with Crippen LogP contribution in [0.1, 0.15) is 57.8 Å². The van der Waals surface area contributed by atoms with E-state index in [4.69, 9.17) is 4.74 Å². The van der Waals surface area contributed by atoms with Gasteiger partial charge in [-0.1, -0.05) is 19.3 Å². The van der Waals surface area contributed by atoms with Gasteiger partial charge in [0.05, 0.1) is 17.8 Å². The van der Waals surface area contributed by atoms with Gasteiger partial charge in [-0.05, 0) is 45.1 Å². The SMILES string of the molecule is O[C@H]1CCCN(CC2CCC3(CCCCC3)O2)C1. The van der Waals surface area contributed by atoms with Crippen LogP contribution in [-0.4, -0.2) is 47.4 Å². The third kappa shape index (κ3) is 2.89. The number of aliphatic hydroxyl groups is 1. The molecule has 0 bridgehead atoms. The van der Waals surface area contributed by atoms with E-state index in [-0.39, 0.29) is 11.7 Å². The molecule has 2 atom stereocenters. The summed E-state index contributed by atoms with van der Waals surface area (Å²) in [6, 6.07) is 0. The van der Waals surface area contributed by atoms with Crippen molar-refractivity contribution in [3.05, 3.63) is 0 Å². The number of aliphatic hydroxyl groups excluding tert-OH is 1. The van der Waals surface area contributed by atoms with Crippen molar-refractivity contribution in [1.82, 2.24) is 4.90 Å². The fraction of sp³-hybridized carbons (Fsp3) is 1.00. The second-order valence-electron chi connectivity index (χ2n) is 6.58. The number of piperidine rings is 1. The largest absolute Gasteiger partial charge is 0.392 e. The third-order valence-electron chi connectivity index (χ3n) is 5.05. The molecule has 104 valence electrons. The summed E-state index contributed by atoms with van der Waals surface area (Å²) in [5, 5.41) is 9.71. The molecule has 3 fully saturated rings. The Morgan fingerprint density at radius 2 is 1.89 bits per heavy atom. The molecule has 2 heterocycles. The molecule has 2 aliphatic heterocycles. The average Bonchev–Trinajstić information content (AvgIpc) is 2.73. The molecule has 0 aromatic heterocycles. The van der Waals surface area contributed by atoms with Crippen molar-refractivity contribution in [3.63, 3.8) is 0 Å². The Morgan fingerprint density at radius 3 is 2.67 bits per heavy atom. The first-order valence-electron chi connectivity index (χ1n) is 7.84. The molecule has 3 aliphatic rings. The highest BCUT2D eigenvalue weighted by atomic mass is 16.5. The highest BCUT2D eigenvalue weighted by molar-refractivity contribution is 4.92. The van der Waals surface area contributed by atoms with Crippen LogP contribution in [0.3, 0.4) is 0 Å². The maximum Gasteiger partial charge on any atom is 0.0710 e. The van der Waals surface area contributed by atoms with E-state index in [1.807, 2.05) is 0 Å². The molecule has 18 heavy (non-hydrogen) atoms. The van der Waals surface area contributed by atoms with Crippen LogP contribution in [0.5, 0.6) is 0 Å². The van der Waals surface area contributed by atoms with Gasteiger partial charge in [-0.15, -0.1) is 0 Å². The second-order valence-corrected chi connectivity index (χ2v) is 6.58. The number of hydrogen-bond acceptors (Lipinski definition) is 3. The van der Waals surface area contributed by atoms with Crippen LogP contribution in [0.2, 0.25) is 0 Å². The fourth-order valence-electron chi connectivity index (χ4n) is 4.07. The smallest absolute Gasteiger partial charge is 0.0710 e. The van der Waals surface area contributed by atoms with E-state index in [1.165, 1.54) is 44.9 Å². The van der Waals surface area contributed by atoms with Gasteiger partial charge < -0.3 is 9.84 Å². The van der Waals surface area contributed by atoms with Crippen LogP contribution in [0.15, 0.2) is 0 Å². The average molecular weight is 253 g/mol. The van der Waals surface area contributed by atoms with Crippen molar-refractivity contribution in [1.29, 1.82) is 0 Å². The number of ether oxygens (including phenoxy) is 1. The maximum absolute atomic E-state index is 9.71. The minimum Gasteiger partial charge on any atom is -0.392 e. The van der Waals surface area contributed by atoms with Crippen LogP contribution in [0, 0.1) is 0 Å². The number of likely N-dealkylation sites (tertiary alicyclic amines) is 1. The molecule has 3 nitrogen and oxygen atoms in total. The summed E-state index contributed by atoms with van der Waals surface area (Å²) in [6.45, 7) is 3.04. The predicted molar refractivity (Wildman–Crippen MR) is 71.6 cm³/mol. The zero-order chi connectivity index (χ0) is 12.4. The van der Waals surface area contributed by atoms with E-state index in [2.05, 4.69) is 4.90 Å². The molecule has 1 N–H and O–H groups in total. The summed E-state index contributed by atoms with van der Waals surface area (Å²) >= 11 is 0. The minimum absolute atomic E-state index is 0.108. The fourth-order valence-corrected chi connectivity index (χ4v) is 4.07. The molecule has 0 aromatic carbocycles. The second kappa shape index (κ2) is 5.48. The standard InChI is InChI=1S/C15H27NO2/c17-13-5-4-10-16(11-13)12-14-6-9-15(18-14)7-2-1-3-8-15/h13-14,17H,1-12H2/t13-,14?/m0/s1. The Kier molecular flexibility index (Phi) is 3.92. The van der Waals surface area contributed by atoms with Crippen LogP contribution in [-0.2, 0) is 4.74 Å². The molecule has 1 unspecified atom stereocenters. The molecule has 3 heteroatoms. The first-order valence-corrected chi connectivity index (χ1v) is 7.84. The summed E-state index contributed by atoms with van der Waals surface area (Å²) in [5.41, 5.74) is 0.247. The highest BCUT2D eigenvalue weighted by Crippen LogP contribution is 2.42. The quantitative estimate of drug-likeness (QED) is 0.820. The summed E-state index contributed by atoms with van der Waals surface area (Å²) in [7, 11) is 0. The van der Waals surface area contributed by atoms with Gasteiger partial charge in [0.15, 0.2) is 0 Å². The molecule has 1 spiro atoms. The Labute approximate surface area is 110 Å². The van der Waals surface area contributed by atoms with E-state index in [0.29, 0.717) is 6.10 Å². The van der Waals surface area contributed by atoms with E-state index in [1.54, 1.807) is 0 Å². The van der Waals surface area contributed by atoms with Gasteiger partial charge in [-0.3, -0.25) is 4.90 Å². The van der Waals surface area contributed by atoms with Crippen molar-refractivity contribution >= 4 is 0 Å². The van der Waals surface area contributed by atoms with Crippen LogP contribution in [0.4, 0.5) is 0 Å². The van der Waals surface area contributed by atoms with Crippen molar-refractivity contribution in [2.24, 2.45) is 0 Å². The molecule has 0 radical (unpaired) electrons. The topological polar surface area (TPSA) is 32.7 Å². The minimum atomic E-state index is -0.108. The molecular formula is C15H27NO2. The number of nitrogens with zero attached hydrogens (tertiary/aromatic N) is 1. The van der Waals surface area contributed by atoms with Gasteiger partial charge in [0.2, 0.25) is 0 Å². The zero-order valence-corrected chi connectivity index (χ0v) is 11.4. The molecule has 3 rings (SSSR count). The zero-order valence-electron chi connectivity index (χ0n) is 11.4. The summed E-state index contributed by atoms with van der Waals surface area (Å²) in [5.74, 6) is 0. The summed E-state index contributed by atoms with van der Waals surface area (Å²) in [6.07, 6.45) is 11.6. The van der Waals surface area contributed by atoms with Crippen molar-refractivity contribution in [3.8, 4) is 0 Å². The van der Waals surface area contributed by atoms with Gasteiger partial charge in [0, 0.05) is 13.1 Å². The van der Waals surface area contributed by atoms with Gasteiger partial charge >= 0.3 is 0 Å². The lowest BCUT2D eigenvalue weighted by atomic mass is 9.83. The van der Waals surface area contributed by atoms with Gasteiger partial charge in [-0.25, -0.2) is 0 Å². The normalized spacial score (nSPS) is 37.2. The monoisotopic (exact) mass is 253 g/mol. The van der Waals surface area contributed by atoms with E-state index in [0.717, 1.165) is 32.5 Å². The van der Waals surface area contributed by atoms with E-state index in [9.17, 15) is 5.11 Å². The molecule has 0 aromatic rings. The summed E-state index contributed by atoms with van der Waals surface area (Å²) in [4.78, 5) is 2.40. The summed E-state index contributed by atoms with van der Waals surface area (Å²) < 4.78 is 6.40. The van der Waals surface area contributed by atoms with Gasteiger partial charge in [0.25, 0.3) is 0 Å². The maximum atomic E-state index is 9.71. The molecule has 0 amide bonds. The van der Waals surface area contributed by atoms with Crippen LogP contribution < -0.4 is 0 Å². The van der Waals surface area contributed by atoms with Crippen LogP contribution >= 0.6 is 0 Å². The third-order valence-corrected chi connectivity index (χ3v) is 5.05. The number of β-amino-alcohol motifs (C(OH)–C–C–N with tert-alkyl or cyclic N) is 1. The predicted octanol–water partition coefficient (Wildman–Crippen LogP) is 2.33. The Morgan fingerprint density at radius 1 is 1.06 bits per heavy atom. The number of hydrogen-bond donors (Lipinski definition) is 1. The lowest BCUT2D eigenvalue weighted by Gasteiger charge is -2.35. The molecule has 2 saturated heterocycles. The molecular weight excluding hydrogens is 226 g/mol. The van der Waals surface area contributed by atoms with Crippen molar-refractivity contribution in [2.45, 2.75) is 75.6 Å².